The van der Waals surface area contributed by atoms with Crippen LogP contribution in [0.15, 0.2) is 85.1 Å². The van der Waals surface area contributed by atoms with Crippen molar-refractivity contribution in [1.29, 1.82) is 0 Å². The van der Waals surface area contributed by atoms with Crippen molar-refractivity contribution in [3.05, 3.63) is 85.1 Å². The van der Waals surface area contributed by atoms with Crippen molar-refractivity contribution in [1.82, 2.24) is 0 Å². The van der Waals surface area contributed by atoms with Gasteiger partial charge >= 0.3 is 17.9 Å². The second-order valence-corrected chi connectivity index (χ2v) is 24.1. The Bertz CT molecular complexity index is 1570. The van der Waals surface area contributed by atoms with E-state index >= 15 is 0 Å². The highest BCUT2D eigenvalue weighted by Gasteiger charge is 2.19. The van der Waals surface area contributed by atoms with Crippen molar-refractivity contribution in [3.63, 3.8) is 0 Å². The lowest BCUT2D eigenvalue weighted by molar-refractivity contribution is -0.167. The summed E-state index contributed by atoms with van der Waals surface area (Å²) in [7, 11) is 0. The van der Waals surface area contributed by atoms with Crippen LogP contribution in [0.5, 0.6) is 0 Å². The van der Waals surface area contributed by atoms with Crippen LogP contribution in [0, 0.1) is 0 Å². The molecule has 1 atom stereocenters. The third-order valence-corrected chi connectivity index (χ3v) is 15.9. The number of ether oxygens (including phenoxy) is 3. The maximum absolute atomic E-state index is 13.0. The van der Waals surface area contributed by atoms with Crippen LogP contribution in [0.25, 0.3) is 0 Å². The van der Waals surface area contributed by atoms with E-state index in [2.05, 4.69) is 106 Å². The molecule has 0 aliphatic rings. The molecule has 0 aliphatic carbocycles. The number of rotatable bonds is 66. The minimum atomic E-state index is -0.790. The van der Waals surface area contributed by atoms with Gasteiger partial charge in [0.25, 0.3) is 0 Å². The van der Waals surface area contributed by atoms with Gasteiger partial charge in [0.1, 0.15) is 13.2 Å². The third-order valence-electron chi connectivity index (χ3n) is 15.9. The second kappa shape index (κ2) is 71.1. The molecule has 83 heavy (non-hydrogen) atoms. The second-order valence-electron chi connectivity index (χ2n) is 24.1. The van der Waals surface area contributed by atoms with Gasteiger partial charge in [0.05, 0.1) is 0 Å². The van der Waals surface area contributed by atoms with Gasteiger partial charge in [-0.15, -0.1) is 0 Å². The molecule has 0 bridgehead atoms. The first-order chi connectivity index (χ1) is 41.0. The van der Waals surface area contributed by atoms with Gasteiger partial charge in [-0.3, -0.25) is 14.4 Å². The van der Waals surface area contributed by atoms with Crippen molar-refractivity contribution in [2.75, 3.05) is 13.2 Å². The highest BCUT2D eigenvalue weighted by Crippen LogP contribution is 2.17. The zero-order valence-electron chi connectivity index (χ0n) is 55.2. The molecule has 0 aromatic carbocycles. The van der Waals surface area contributed by atoms with E-state index in [0.717, 1.165) is 103 Å². The van der Waals surface area contributed by atoms with Gasteiger partial charge in [-0.25, -0.2) is 0 Å². The molecule has 0 amide bonds. The fraction of sp³-hybridized carbons (Fsp3) is 0.779. The molecule has 0 spiro atoms. The summed E-state index contributed by atoms with van der Waals surface area (Å²) < 4.78 is 17.0. The summed E-state index contributed by atoms with van der Waals surface area (Å²) in [5, 5.41) is 0. The average molecular weight is 1160 g/mol. The summed E-state index contributed by atoms with van der Waals surface area (Å²) in [6, 6.07) is 0. The summed E-state index contributed by atoms with van der Waals surface area (Å²) in [6.07, 6.45) is 94.7. The van der Waals surface area contributed by atoms with Gasteiger partial charge < -0.3 is 14.2 Å². The lowest BCUT2D eigenvalue weighted by atomic mass is 10.0. The van der Waals surface area contributed by atoms with Gasteiger partial charge in [0.2, 0.25) is 0 Å². The quantitative estimate of drug-likeness (QED) is 0.0261. The number of esters is 3. The predicted octanol–water partition coefficient (Wildman–Crippen LogP) is 25.0. The minimum absolute atomic E-state index is 0.0829. The molecule has 6 nitrogen and oxygen atoms in total. The first-order valence-electron chi connectivity index (χ1n) is 36.1. The van der Waals surface area contributed by atoms with Crippen LogP contribution in [0.2, 0.25) is 0 Å². The Labute approximate surface area is 515 Å². The van der Waals surface area contributed by atoms with Crippen molar-refractivity contribution >= 4 is 17.9 Å². The van der Waals surface area contributed by atoms with Crippen LogP contribution in [0.1, 0.15) is 367 Å². The fourth-order valence-electron chi connectivity index (χ4n) is 10.5. The summed E-state index contributed by atoms with van der Waals surface area (Å²) in [6.45, 7) is 6.55. The van der Waals surface area contributed by atoms with Crippen LogP contribution in [-0.4, -0.2) is 37.2 Å². The maximum Gasteiger partial charge on any atom is 0.306 e. The molecule has 0 rings (SSSR count). The Morgan fingerprint density at radius 1 is 0.253 bits per heavy atom. The molecular weight excluding hydrogens is 1020 g/mol. The highest BCUT2D eigenvalue weighted by molar-refractivity contribution is 5.71. The zero-order chi connectivity index (χ0) is 59.9. The SMILES string of the molecule is CC/C=C\C/C=C\C/C=C\C/C=C\CCCCCCC(=O)OCC(COC(=O)CCCCCCCCCCCCCCCCC/C=C\C/C=C\CCCCCCC)OC(=O)CCCCCCCCCCC/C=C\CCCCCCCCCC. The van der Waals surface area contributed by atoms with Crippen LogP contribution in [-0.2, 0) is 28.6 Å². The zero-order valence-corrected chi connectivity index (χ0v) is 55.2. The molecule has 0 aliphatic heterocycles. The highest BCUT2D eigenvalue weighted by atomic mass is 16.6. The maximum atomic E-state index is 13.0. The van der Waals surface area contributed by atoms with E-state index in [-0.39, 0.29) is 31.1 Å². The van der Waals surface area contributed by atoms with Gasteiger partial charge in [-0.2, -0.15) is 0 Å². The topological polar surface area (TPSA) is 78.9 Å². The smallest absolute Gasteiger partial charge is 0.306 e. The molecule has 0 aromatic rings. The van der Waals surface area contributed by atoms with Gasteiger partial charge in [0.15, 0.2) is 6.10 Å². The lowest BCUT2D eigenvalue weighted by Crippen LogP contribution is -2.30. The molecular formula is C77H136O6. The van der Waals surface area contributed by atoms with Gasteiger partial charge in [0, 0.05) is 19.3 Å². The minimum Gasteiger partial charge on any atom is -0.462 e. The van der Waals surface area contributed by atoms with Crippen LogP contribution < -0.4 is 0 Å². The molecule has 0 radical (unpaired) electrons. The summed E-state index contributed by atoms with van der Waals surface area (Å²) >= 11 is 0. The molecule has 6 heteroatoms. The number of carbonyl (C=O) groups is 3. The standard InChI is InChI=1S/C77H136O6/c1-4-7-10-13-16-19-22-25-28-31-33-35-36-37-38-39-40-42-43-46-49-52-55-58-61-64-67-70-76(79)82-73-74(72-81-75(78)69-66-63-60-57-54-51-48-45-30-27-24-21-18-15-12-9-6-3)83-77(80)71-68-65-62-59-56-53-50-47-44-41-34-32-29-26-23-20-17-14-11-8-5-2/h9,12,18,21-22,25,27,30-34,48,51,74H,4-8,10-11,13-17,19-20,23-24,26,28-29,35-47,49-50,52-73H2,1-3H3/b12-9-,21-18-,25-22-,30-27-,33-31-,34-32-,51-48-. The molecule has 0 saturated carbocycles. The van der Waals surface area contributed by atoms with Crippen LogP contribution in [0.3, 0.4) is 0 Å². The summed E-state index contributed by atoms with van der Waals surface area (Å²) in [5.74, 6) is -0.891. The number of hydrogen-bond acceptors (Lipinski definition) is 6. The number of allylic oxidation sites excluding steroid dienone is 14. The molecule has 0 heterocycles. The van der Waals surface area contributed by atoms with Crippen LogP contribution in [0.4, 0.5) is 0 Å². The molecule has 0 saturated heterocycles. The van der Waals surface area contributed by atoms with E-state index in [9.17, 15) is 14.4 Å². The predicted molar refractivity (Wildman–Crippen MR) is 362 cm³/mol. The van der Waals surface area contributed by atoms with Crippen molar-refractivity contribution in [2.45, 2.75) is 374 Å². The lowest BCUT2D eigenvalue weighted by Gasteiger charge is -2.18. The Morgan fingerprint density at radius 2 is 0.470 bits per heavy atom. The van der Waals surface area contributed by atoms with Crippen LogP contribution >= 0.6 is 0 Å². The third kappa shape index (κ3) is 69.3. The average Bonchev–Trinajstić information content (AvgIpc) is 3.50. The summed E-state index contributed by atoms with van der Waals surface area (Å²) in [5.41, 5.74) is 0. The molecule has 0 fully saturated rings. The Hall–Kier alpha value is -3.41. The van der Waals surface area contributed by atoms with E-state index in [1.807, 2.05) is 0 Å². The monoisotopic (exact) mass is 1160 g/mol. The van der Waals surface area contributed by atoms with Crippen molar-refractivity contribution < 1.29 is 28.6 Å². The summed E-state index contributed by atoms with van der Waals surface area (Å²) in [4.78, 5) is 38.5. The molecule has 0 N–H and O–H groups in total. The molecule has 480 valence electrons. The van der Waals surface area contributed by atoms with E-state index in [0.29, 0.717) is 19.3 Å². The number of carbonyl (C=O) groups excluding carboxylic acids is 3. The molecule has 1 unspecified atom stereocenters. The van der Waals surface area contributed by atoms with E-state index < -0.39 is 6.10 Å². The Balaban J connectivity index is 4.33. The molecule has 0 aromatic heterocycles. The van der Waals surface area contributed by atoms with Crippen molar-refractivity contribution in [2.24, 2.45) is 0 Å². The fourth-order valence-corrected chi connectivity index (χ4v) is 10.5. The Kier molecular flexibility index (Phi) is 68.2. The number of hydrogen-bond donors (Lipinski definition) is 0. The van der Waals surface area contributed by atoms with Crippen molar-refractivity contribution in [3.8, 4) is 0 Å². The van der Waals surface area contributed by atoms with E-state index in [1.54, 1.807) is 0 Å². The Morgan fingerprint density at radius 3 is 0.747 bits per heavy atom. The number of unbranched alkanes of at least 4 members (excludes halogenated alkanes) is 41. The van der Waals surface area contributed by atoms with Gasteiger partial charge in [-0.1, -0.05) is 318 Å². The first-order valence-corrected chi connectivity index (χ1v) is 36.1. The van der Waals surface area contributed by atoms with E-state index in [4.69, 9.17) is 14.2 Å². The van der Waals surface area contributed by atoms with E-state index in [1.165, 1.54) is 225 Å². The first kappa shape index (κ1) is 79.6. The largest absolute Gasteiger partial charge is 0.462 e. The normalized spacial score (nSPS) is 12.6. The van der Waals surface area contributed by atoms with Gasteiger partial charge in [-0.05, 0) is 116 Å².